The molecule has 1 aliphatic heterocycles. The average Bonchev–Trinajstić information content (AvgIpc) is 3.25. The highest BCUT2D eigenvalue weighted by Crippen LogP contribution is 2.21. The highest BCUT2D eigenvalue weighted by molar-refractivity contribution is 5.84. The molecule has 2 aromatic heterocycles. The molecule has 2 atom stereocenters. The normalized spacial score (nSPS) is 20.0. The Kier molecular flexibility index (Phi) is 6.10. The first-order valence-electron chi connectivity index (χ1n) is 10.5. The molecule has 0 aliphatic carbocycles. The molecular formula is C21H29N7O2. The van der Waals surface area contributed by atoms with Crippen LogP contribution < -0.4 is 5.32 Å². The minimum Gasteiger partial charge on any atom is -0.373 e. The van der Waals surface area contributed by atoms with Crippen LogP contribution in [0.3, 0.4) is 0 Å². The van der Waals surface area contributed by atoms with E-state index in [9.17, 15) is 4.79 Å². The Hall–Kier alpha value is -2.78. The molecule has 30 heavy (non-hydrogen) atoms. The summed E-state index contributed by atoms with van der Waals surface area (Å²) < 4.78 is 7.35. The lowest BCUT2D eigenvalue weighted by atomic mass is 10.1. The topological polar surface area (TPSA) is 101 Å². The smallest absolute Gasteiger partial charge is 0.241 e. The molecule has 0 spiro atoms. The van der Waals surface area contributed by atoms with Crippen LogP contribution >= 0.6 is 0 Å². The summed E-state index contributed by atoms with van der Waals surface area (Å²) in [5.74, 6) is 0.601. The molecule has 4 rings (SSSR count). The van der Waals surface area contributed by atoms with Crippen molar-refractivity contribution in [3.63, 3.8) is 0 Å². The van der Waals surface area contributed by atoms with E-state index in [4.69, 9.17) is 4.74 Å². The zero-order valence-corrected chi connectivity index (χ0v) is 17.8. The van der Waals surface area contributed by atoms with E-state index >= 15 is 0 Å². The van der Waals surface area contributed by atoms with Crippen LogP contribution in [-0.4, -0.2) is 67.8 Å². The van der Waals surface area contributed by atoms with Gasteiger partial charge >= 0.3 is 0 Å². The number of benzene rings is 1. The number of tetrazole rings is 1. The minimum atomic E-state index is -0.0928. The number of aryl methyl sites for hydroxylation is 1. The summed E-state index contributed by atoms with van der Waals surface area (Å²) >= 11 is 0. The van der Waals surface area contributed by atoms with Gasteiger partial charge in [0.05, 0.1) is 18.8 Å². The Morgan fingerprint density at radius 3 is 2.83 bits per heavy atom. The number of fused-ring (bicyclic) bond motifs is 1. The van der Waals surface area contributed by atoms with Crippen molar-refractivity contribution >= 4 is 16.8 Å². The third-order valence-corrected chi connectivity index (χ3v) is 5.48. The number of amides is 1. The molecule has 9 nitrogen and oxygen atoms in total. The average molecular weight is 412 g/mol. The second-order valence-electron chi connectivity index (χ2n) is 8.08. The van der Waals surface area contributed by atoms with E-state index in [1.165, 1.54) is 10.9 Å². The molecule has 1 aliphatic rings. The Balaban J connectivity index is 1.30. The fraction of sp³-hybridized carbons (Fsp3) is 0.524. The van der Waals surface area contributed by atoms with Gasteiger partial charge in [-0.1, -0.05) is 18.2 Å². The maximum atomic E-state index is 12.5. The number of nitrogens with one attached hydrogen (secondary N) is 2. The third-order valence-electron chi connectivity index (χ3n) is 5.48. The van der Waals surface area contributed by atoms with Gasteiger partial charge in [-0.05, 0) is 49.2 Å². The molecule has 3 heterocycles. The third kappa shape index (κ3) is 4.68. The molecule has 1 amide bonds. The van der Waals surface area contributed by atoms with Crippen LogP contribution in [0.1, 0.15) is 30.9 Å². The predicted octanol–water partition coefficient (Wildman–Crippen LogP) is 1.43. The minimum absolute atomic E-state index is 0.0928. The van der Waals surface area contributed by atoms with E-state index in [-0.39, 0.29) is 24.7 Å². The van der Waals surface area contributed by atoms with Gasteiger partial charge in [-0.25, -0.2) is 4.68 Å². The molecule has 9 heteroatoms. The number of ether oxygens (including phenoxy) is 1. The molecular weight excluding hydrogens is 382 g/mol. The SMILES string of the molecule is Cc1[nH]c2ccccc2c1CCNC(=O)Cn1nnnc1CN1C[C@@H](C)O[C@@H](C)C1. The first kappa shape index (κ1) is 20.5. The number of rotatable bonds is 7. The summed E-state index contributed by atoms with van der Waals surface area (Å²) in [6.45, 7) is 9.14. The number of hydrogen-bond acceptors (Lipinski definition) is 6. The van der Waals surface area contributed by atoms with E-state index < -0.39 is 0 Å². The van der Waals surface area contributed by atoms with Crippen molar-refractivity contribution in [2.24, 2.45) is 0 Å². The summed E-state index contributed by atoms with van der Waals surface area (Å²) in [5, 5.41) is 16.1. The number of morpholine rings is 1. The van der Waals surface area contributed by atoms with Crippen LogP contribution in [0.15, 0.2) is 24.3 Å². The number of H-pyrrole nitrogens is 1. The van der Waals surface area contributed by atoms with E-state index in [1.807, 2.05) is 12.1 Å². The quantitative estimate of drug-likeness (QED) is 0.610. The van der Waals surface area contributed by atoms with Crippen molar-refractivity contribution in [3.05, 3.63) is 41.3 Å². The highest BCUT2D eigenvalue weighted by atomic mass is 16.5. The second kappa shape index (κ2) is 8.93. The van der Waals surface area contributed by atoms with Crippen molar-refractivity contribution in [1.82, 2.24) is 35.4 Å². The van der Waals surface area contributed by atoms with Gasteiger partial charge in [0.25, 0.3) is 0 Å². The summed E-state index contributed by atoms with van der Waals surface area (Å²) in [6.07, 6.45) is 1.12. The summed E-state index contributed by atoms with van der Waals surface area (Å²) in [4.78, 5) is 18.1. The van der Waals surface area contributed by atoms with Crippen LogP contribution in [0.5, 0.6) is 0 Å². The van der Waals surface area contributed by atoms with Crippen LogP contribution in [-0.2, 0) is 29.0 Å². The summed E-state index contributed by atoms with van der Waals surface area (Å²) in [5.41, 5.74) is 3.51. The van der Waals surface area contributed by atoms with Gasteiger partial charge < -0.3 is 15.0 Å². The maximum absolute atomic E-state index is 12.5. The summed E-state index contributed by atoms with van der Waals surface area (Å²) in [7, 11) is 0. The van der Waals surface area contributed by atoms with Gasteiger partial charge in [-0.2, -0.15) is 0 Å². The fourth-order valence-corrected chi connectivity index (χ4v) is 4.25. The zero-order chi connectivity index (χ0) is 21.1. The van der Waals surface area contributed by atoms with E-state index in [1.54, 1.807) is 4.68 Å². The van der Waals surface area contributed by atoms with Crippen LogP contribution in [0.4, 0.5) is 0 Å². The second-order valence-corrected chi connectivity index (χ2v) is 8.08. The van der Waals surface area contributed by atoms with Crippen LogP contribution in [0.2, 0.25) is 0 Å². The van der Waals surface area contributed by atoms with Gasteiger partial charge in [0.1, 0.15) is 6.54 Å². The van der Waals surface area contributed by atoms with Gasteiger partial charge in [0.15, 0.2) is 5.82 Å². The molecule has 160 valence electrons. The lowest BCUT2D eigenvalue weighted by molar-refractivity contribution is -0.121. The molecule has 0 unspecified atom stereocenters. The summed E-state index contributed by atoms with van der Waals surface area (Å²) in [6, 6.07) is 8.23. The van der Waals surface area contributed by atoms with Crippen molar-refractivity contribution in [2.75, 3.05) is 19.6 Å². The number of para-hydroxylation sites is 1. The lowest BCUT2D eigenvalue weighted by Crippen LogP contribution is -2.45. The maximum Gasteiger partial charge on any atom is 0.241 e. The van der Waals surface area contributed by atoms with Crippen molar-refractivity contribution < 1.29 is 9.53 Å². The molecule has 0 radical (unpaired) electrons. The molecule has 1 aromatic carbocycles. The Morgan fingerprint density at radius 1 is 1.27 bits per heavy atom. The molecule has 2 N–H and O–H groups in total. The molecule has 3 aromatic rings. The standard InChI is InChI=1S/C21H29N7O2/c1-14-10-27(11-15(2)30-14)12-20-24-25-26-28(20)13-21(29)22-9-8-17-16(3)23-19-7-5-4-6-18(17)19/h4-7,14-15,23H,8-13H2,1-3H3,(H,22,29)/t14-,15+. The van der Waals surface area contributed by atoms with Crippen LogP contribution in [0.25, 0.3) is 10.9 Å². The zero-order valence-electron chi connectivity index (χ0n) is 17.8. The lowest BCUT2D eigenvalue weighted by Gasteiger charge is -2.34. The predicted molar refractivity (Wildman–Crippen MR) is 113 cm³/mol. The Labute approximate surface area is 175 Å². The number of nitrogens with zero attached hydrogens (tertiary/aromatic N) is 5. The highest BCUT2D eigenvalue weighted by Gasteiger charge is 2.24. The number of aromatic nitrogens is 5. The molecule has 1 saturated heterocycles. The Morgan fingerprint density at radius 2 is 2.03 bits per heavy atom. The molecule has 0 bridgehead atoms. The number of carbonyl (C=O) groups is 1. The van der Waals surface area contributed by atoms with Crippen molar-refractivity contribution in [3.8, 4) is 0 Å². The largest absolute Gasteiger partial charge is 0.373 e. The van der Waals surface area contributed by atoms with E-state index in [0.29, 0.717) is 18.9 Å². The van der Waals surface area contributed by atoms with Gasteiger partial charge in [-0.15, -0.1) is 5.10 Å². The number of carbonyl (C=O) groups excluding carboxylic acids is 1. The molecule has 0 saturated carbocycles. The first-order chi connectivity index (χ1) is 14.5. The van der Waals surface area contributed by atoms with Crippen molar-refractivity contribution in [1.29, 1.82) is 0 Å². The Bertz CT molecular complexity index is 1000. The number of aromatic amines is 1. The molecule has 1 fully saturated rings. The number of hydrogen-bond donors (Lipinski definition) is 2. The van der Waals surface area contributed by atoms with Gasteiger partial charge in [0, 0.05) is 36.2 Å². The van der Waals surface area contributed by atoms with Gasteiger partial charge in [-0.3, -0.25) is 9.69 Å². The van der Waals surface area contributed by atoms with Crippen LogP contribution in [0, 0.1) is 6.92 Å². The monoisotopic (exact) mass is 411 g/mol. The van der Waals surface area contributed by atoms with E-state index in [2.05, 4.69) is 63.6 Å². The van der Waals surface area contributed by atoms with Crippen molar-refractivity contribution in [2.45, 2.75) is 52.5 Å². The van der Waals surface area contributed by atoms with Gasteiger partial charge in [0.2, 0.25) is 5.91 Å². The first-order valence-corrected chi connectivity index (χ1v) is 10.5. The van der Waals surface area contributed by atoms with E-state index in [0.717, 1.165) is 30.7 Å². The fourth-order valence-electron chi connectivity index (χ4n) is 4.25.